The predicted molar refractivity (Wildman–Crippen MR) is 71.1 cm³/mol. The van der Waals surface area contributed by atoms with Crippen molar-refractivity contribution in [2.24, 2.45) is 0 Å². The maximum absolute atomic E-state index is 13.6. The molecule has 0 bridgehead atoms. The predicted octanol–water partition coefficient (Wildman–Crippen LogP) is 3.79. The summed E-state index contributed by atoms with van der Waals surface area (Å²) in [4.78, 5) is 4.31. The van der Waals surface area contributed by atoms with E-state index in [2.05, 4.69) is 20.9 Å². The summed E-state index contributed by atoms with van der Waals surface area (Å²) in [7, 11) is 1.42. The number of thiazole rings is 1. The Morgan fingerprint density at radius 3 is 2.94 bits per heavy atom. The molecule has 18 heavy (non-hydrogen) atoms. The van der Waals surface area contributed by atoms with Crippen LogP contribution < -0.4 is 4.74 Å². The molecule has 0 saturated carbocycles. The van der Waals surface area contributed by atoms with E-state index in [1.165, 1.54) is 24.5 Å². The van der Waals surface area contributed by atoms with Crippen LogP contribution in [0.5, 0.6) is 5.75 Å². The summed E-state index contributed by atoms with van der Waals surface area (Å²) in [5, 5.41) is 9.33. The summed E-state index contributed by atoms with van der Waals surface area (Å²) in [6, 6.07) is 6.71. The molecule has 3 nitrogen and oxygen atoms in total. The number of halogens is 2. The molecule has 0 aliphatic heterocycles. The second kappa shape index (κ2) is 5.46. The Bertz CT molecular complexity index is 621. The van der Waals surface area contributed by atoms with Gasteiger partial charge in [0.05, 0.1) is 29.1 Å². The number of nitrogens with zero attached hydrogens (tertiary/aromatic N) is 2. The van der Waals surface area contributed by atoms with Crippen molar-refractivity contribution in [2.75, 3.05) is 7.11 Å². The number of methoxy groups -OCH3 is 1. The van der Waals surface area contributed by atoms with E-state index in [9.17, 15) is 4.39 Å². The van der Waals surface area contributed by atoms with Gasteiger partial charge in [-0.05, 0) is 34.1 Å². The maximum atomic E-state index is 13.6. The molecule has 0 atom stereocenters. The van der Waals surface area contributed by atoms with Gasteiger partial charge in [-0.15, -0.1) is 11.3 Å². The van der Waals surface area contributed by atoms with Crippen LogP contribution in [0, 0.1) is 17.1 Å². The first-order valence-corrected chi connectivity index (χ1v) is 6.62. The Morgan fingerprint density at radius 2 is 2.33 bits per heavy atom. The second-order valence-electron chi connectivity index (χ2n) is 3.42. The van der Waals surface area contributed by atoms with Crippen LogP contribution in [0.15, 0.2) is 22.0 Å². The highest BCUT2D eigenvalue weighted by atomic mass is 79.9. The summed E-state index contributed by atoms with van der Waals surface area (Å²) >= 11 is 4.73. The fourth-order valence-electron chi connectivity index (χ4n) is 1.44. The minimum atomic E-state index is -0.428. The second-order valence-corrected chi connectivity index (χ2v) is 5.74. The van der Waals surface area contributed by atoms with Gasteiger partial charge in [0.2, 0.25) is 0 Å². The third-order valence-corrected chi connectivity index (χ3v) is 4.17. The van der Waals surface area contributed by atoms with E-state index < -0.39 is 5.82 Å². The quantitative estimate of drug-likeness (QED) is 0.862. The Kier molecular flexibility index (Phi) is 3.94. The fraction of sp³-hybridized carbons (Fsp3) is 0.167. The van der Waals surface area contributed by atoms with Crippen LogP contribution in [0.1, 0.15) is 5.69 Å². The van der Waals surface area contributed by atoms with Crippen LogP contribution in [0.4, 0.5) is 4.39 Å². The summed E-state index contributed by atoms with van der Waals surface area (Å²) < 4.78 is 19.2. The molecule has 2 aromatic rings. The molecule has 0 fully saturated rings. The van der Waals surface area contributed by atoms with Gasteiger partial charge in [0, 0.05) is 5.56 Å². The molecule has 0 spiro atoms. The van der Waals surface area contributed by atoms with Crippen molar-refractivity contribution < 1.29 is 9.13 Å². The molecule has 6 heteroatoms. The molecule has 1 aromatic heterocycles. The first-order valence-electron chi connectivity index (χ1n) is 5.01. The third kappa shape index (κ3) is 2.52. The average Bonchev–Trinajstić information content (AvgIpc) is 2.71. The highest BCUT2D eigenvalue weighted by molar-refractivity contribution is 9.11. The van der Waals surface area contributed by atoms with Crippen LogP contribution in [0.3, 0.4) is 0 Å². The van der Waals surface area contributed by atoms with Gasteiger partial charge in [-0.25, -0.2) is 9.37 Å². The van der Waals surface area contributed by atoms with E-state index in [-0.39, 0.29) is 12.2 Å². The van der Waals surface area contributed by atoms with Crippen molar-refractivity contribution in [3.8, 4) is 22.4 Å². The number of nitriles is 1. The molecule has 0 saturated heterocycles. The lowest BCUT2D eigenvalue weighted by Gasteiger charge is -2.02. The van der Waals surface area contributed by atoms with Crippen LogP contribution in [-0.2, 0) is 6.42 Å². The Morgan fingerprint density at radius 1 is 1.56 bits per heavy atom. The van der Waals surface area contributed by atoms with E-state index in [0.717, 1.165) is 3.79 Å². The van der Waals surface area contributed by atoms with Gasteiger partial charge in [0.15, 0.2) is 11.6 Å². The van der Waals surface area contributed by atoms with Gasteiger partial charge in [-0.2, -0.15) is 5.26 Å². The lowest BCUT2D eigenvalue weighted by atomic mass is 10.2. The molecular weight excluding hydrogens is 319 g/mol. The van der Waals surface area contributed by atoms with Crippen molar-refractivity contribution in [3.05, 3.63) is 33.5 Å². The number of hydrogen-bond donors (Lipinski definition) is 0. The molecule has 0 unspecified atom stereocenters. The Hall–Kier alpha value is -1.45. The lowest BCUT2D eigenvalue weighted by Crippen LogP contribution is -1.88. The van der Waals surface area contributed by atoms with Crippen LogP contribution in [0.25, 0.3) is 10.6 Å². The minimum Gasteiger partial charge on any atom is -0.494 e. The molecule has 1 heterocycles. The zero-order valence-corrected chi connectivity index (χ0v) is 11.8. The Balaban J connectivity index is 2.40. The molecule has 92 valence electrons. The average molecular weight is 327 g/mol. The van der Waals surface area contributed by atoms with Crippen molar-refractivity contribution in [3.63, 3.8) is 0 Å². The van der Waals surface area contributed by atoms with E-state index in [1.807, 2.05) is 6.07 Å². The zero-order valence-electron chi connectivity index (χ0n) is 9.41. The smallest absolute Gasteiger partial charge is 0.165 e. The van der Waals surface area contributed by atoms with Crippen molar-refractivity contribution in [2.45, 2.75) is 6.42 Å². The molecule has 0 amide bonds. The molecular formula is C12H8BrFN2OS. The maximum Gasteiger partial charge on any atom is 0.165 e. The van der Waals surface area contributed by atoms with E-state index in [4.69, 9.17) is 10.00 Å². The first-order chi connectivity index (χ1) is 8.65. The summed E-state index contributed by atoms with van der Waals surface area (Å²) in [5.74, 6) is -0.227. The molecule has 2 rings (SSSR count). The summed E-state index contributed by atoms with van der Waals surface area (Å²) in [6.45, 7) is 0. The van der Waals surface area contributed by atoms with Gasteiger partial charge in [-0.3, -0.25) is 0 Å². The molecule has 0 radical (unpaired) electrons. The van der Waals surface area contributed by atoms with Gasteiger partial charge in [0.1, 0.15) is 5.01 Å². The normalized spacial score (nSPS) is 10.1. The van der Waals surface area contributed by atoms with Gasteiger partial charge in [0.25, 0.3) is 0 Å². The number of benzene rings is 1. The van der Waals surface area contributed by atoms with Gasteiger partial charge >= 0.3 is 0 Å². The fourth-order valence-corrected chi connectivity index (χ4v) is 2.93. The highest BCUT2D eigenvalue weighted by Gasteiger charge is 2.12. The number of aromatic nitrogens is 1. The Labute approximate surface area is 116 Å². The molecule has 0 N–H and O–H groups in total. The van der Waals surface area contributed by atoms with Gasteiger partial charge < -0.3 is 4.74 Å². The largest absolute Gasteiger partial charge is 0.494 e. The number of rotatable bonds is 3. The number of ether oxygens (including phenoxy) is 1. The molecule has 0 aliphatic rings. The zero-order chi connectivity index (χ0) is 13.1. The minimum absolute atomic E-state index is 0.201. The highest BCUT2D eigenvalue weighted by Crippen LogP contribution is 2.33. The lowest BCUT2D eigenvalue weighted by molar-refractivity contribution is 0.386. The van der Waals surface area contributed by atoms with Crippen LogP contribution in [0.2, 0.25) is 0 Å². The molecule has 0 aliphatic carbocycles. The third-order valence-electron chi connectivity index (χ3n) is 2.29. The SMILES string of the molecule is COc1ccc(-c2nc(CC#N)c(Br)s2)cc1F. The summed E-state index contributed by atoms with van der Waals surface area (Å²) in [6.07, 6.45) is 0.232. The molecule has 1 aromatic carbocycles. The summed E-state index contributed by atoms with van der Waals surface area (Å²) in [5.41, 5.74) is 1.34. The van der Waals surface area contributed by atoms with Crippen molar-refractivity contribution in [1.82, 2.24) is 4.98 Å². The van der Waals surface area contributed by atoms with Gasteiger partial charge in [-0.1, -0.05) is 0 Å². The van der Waals surface area contributed by atoms with Crippen LogP contribution in [-0.4, -0.2) is 12.1 Å². The van der Waals surface area contributed by atoms with Crippen LogP contribution >= 0.6 is 27.3 Å². The van der Waals surface area contributed by atoms with E-state index in [0.29, 0.717) is 16.3 Å². The topological polar surface area (TPSA) is 45.9 Å². The number of hydrogen-bond acceptors (Lipinski definition) is 4. The van der Waals surface area contributed by atoms with Crippen molar-refractivity contribution in [1.29, 1.82) is 5.26 Å². The van der Waals surface area contributed by atoms with E-state index >= 15 is 0 Å². The monoisotopic (exact) mass is 326 g/mol. The van der Waals surface area contributed by atoms with Crippen molar-refractivity contribution >= 4 is 27.3 Å². The standard InChI is InChI=1S/C12H8BrFN2OS/c1-17-10-3-2-7(6-8(10)14)12-16-9(4-5-15)11(13)18-12/h2-3,6H,4H2,1H3. The van der Waals surface area contributed by atoms with E-state index in [1.54, 1.807) is 12.1 Å². The first kappa shape index (κ1) is 13.0.